The predicted octanol–water partition coefficient (Wildman–Crippen LogP) is 0.734. The number of nitro groups is 1. The van der Waals surface area contributed by atoms with E-state index in [9.17, 15) is 19.7 Å². The Morgan fingerprint density at radius 2 is 2.11 bits per heavy atom. The summed E-state index contributed by atoms with van der Waals surface area (Å²) in [7, 11) is 0. The van der Waals surface area contributed by atoms with E-state index in [0.29, 0.717) is 18.8 Å². The van der Waals surface area contributed by atoms with Crippen LogP contribution in [0.15, 0.2) is 18.2 Å². The second-order valence-electron chi connectivity index (χ2n) is 4.10. The Morgan fingerprint density at radius 1 is 1.37 bits per heavy atom. The lowest BCUT2D eigenvalue weighted by atomic mass is 10.1. The first-order chi connectivity index (χ1) is 9.06. The van der Waals surface area contributed by atoms with Crippen LogP contribution in [0.25, 0.3) is 0 Å². The number of hydrogen-bond donors (Lipinski definition) is 1. The zero-order valence-electron chi connectivity index (χ0n) is 10.4. The molecule has 1 N–H and O–H groups in total. The summed E-state index contributed by atoms with van der Waals surface area (Å²) >= 11 is 0. The van der Waals surface area contributed by atoms with E-state index in [1.165, 1.54) is 17.0 Å². The number of Topliss-reactive ketones (excluding diaryl/α,β-unsaturated/α-hetero) is 1. The summed E-state index contributed by atoms with van der Waals surface area (Å²) in [6, 6.07) is 3.90. The molecule has 0 saturated carbocycles. The van der Waals surface area contributed by atoms with Crippen molar-refractivity contribution >= 4 is 23.1 Å². The minimum Gasteiger partial charge on any atom is -0.315 e. The first-order valence-corrected chi connectivity index (χ1v) is 5.91. The van der Waals surface area contributed by atoms with E-state index in [-0.39, 0.29) is 11.3 Å². The van der Waals surface area contributed by atoms with E-state index in [1.54, 1.807) is 0 Å². The number of nitrogens with one attached hydrogen (secondary N) is 1. The van der Waals surface area contributed by atoms with E-state index in [2.05, 4.69) is 5.32 Å². The summed E-state index contributed by atoms with van der Waals surface area (Å²) in [5.41, 5.74) is 0.364. The molecule has 0 fully saturated rings. The van der Waals surface area contributed by atoms with Gasteiger partial charge in [-0.2, -0.15) is 0 Å². The third kappa shape index (κ3) is 2.32. The Hall–Kier alpha value is -2.28. The van der Waals surface area contributed by atoms with Gasteiger partial charge in [-0.15, -0.1) is 0 Å². The Labute approximate surface area is 109 Å². The number of carbonyl (C=O) groups is 2. The number of non-ortho nitro benzene ring substituents is 1. The quantitative estimate of drug-likeness (QED) is 0.366. The highest BCUT2D eigenvalue weighted by molar-refractivity contribution is 6.52. The number of nitrogens with zero attached hydrogens (tertiary/aromatic N) is 2. The van der Waals surface area contributed by atoms with Crippen LogP contribution in [0.4, 0.5) is 11.4 Å². The predicted molar refractivity (Wildman–Crippen MR) is 68.3 cm³/mol. The number of rotatable bonds is 5. The molecule has 1 amide bonds. The van der Waals surface area contributed by atoms with Gasteiger partial charge < -0.3 is 10.2 Å². The molecule has 7 heteroatoms. The highest BCUT2D eigenvalue weighted by Crippen LogP contribution is 2.31. The van der Waals surface area contributed by atoms with Crippen molar-refractivity contribution in [2.75, 3.05) is 24.5 Å². The monoisotopic (exact) mass is 263 g/mol. The van der Waals surface area contributed by atoms with Gasteiger partial charge in [-0.3, -0.25) is 19.7 Å². The number of likely N-dealkylation sites (N-methyl/N-ethyl adjacent to an activating group) is 1. The third-order valence-corrected chi connectivity index (χ3v) is 2.93. The van der Waals surface area contributed by atoms with Crippen LogP contribution in [0.3, 0.4) is 0 Å². The Balaban J connectivity index is 2.30. The van der Waals surface area contributed by atoms with Gasteiger partial charge in [-0.05, 0) is 12.6 Å². The second kappa shape index (κ2) is 5.15. The molecule has 1 heterocycles. The molecular weight excluding hydrogens is 250 g/mol. The summed E-state index contributed by atoms with van der Waals surface area (Å²) in [6.07, 6.45) is 0. The molecule has 1 aromatic carbocycles. The van der Waals surface area contributed by atoms with Crippen LogP contribution in [-0.4, -0.2) is 36.2 Å². The van der Waals surface area contributed by atoms with Gasteiger partial charge in [0.05, 0.1) is 16.2 Å². The van der Waals surface area contributed by atoms with Crippen LogP contribution in [0.1, 0.15) is 17.3 Å². The lowest BCUT2D eigenvalue weighted by Crippen LogP contribution is -2.35. The maximum atomic E-state index is 11.8. The van der Waals surface area contributed by atoms with Gasteiger partial charge in [0.25, 0.3) is 17.4 Å². The van der Waals surface area contributed by atoms with Gasteiger partial charge in [-0.25, -0.2) is 0 Å². The molecule has 2 rings (SSSR count). The largest absolute Gasteiger partial charge is 0.315 e. The van der Waals surface area contributed by atoms with Gasteiger partial charge in [0, 0.05) is 25.2 Å². The number of carbonyl (C=O) groups excluding carboxylic acids is 2. The Morgan fingerprint density at radius 3 is 2.74 bits per heavy atom. The number of hydrogen-bond acceptors (Lipinski definition) is 5. The summed E-state index contributed by atoms with van der Waals surface area (Å²) in [5, 5.41) is 13.7. The van der Waals surface area contributed by atoms with Crippen molar-refractivity contribution in [3.63, 3.8) is 0 Å². The van der Waals surface area contributed by atoms with Crippen molar-refractivity contribution in [1.29, 1.82) is 0 Å². The van der Waals surface area contributed by atoms with Gasteiger partial charge in [-0.1, -0.05) is 6.92 Å². The van der Waals surface area contributed by atoms with Gasteiger partial charge in [0.2, 0.25) is 0 Å². The molecule has 0 saturated heterocycles. The van der Waals surface area contributed by atoms with Gasteiger partial charge >= 0.3 is 0 Å². The fourth-order valence-electron chi connectivity index (χ4n) is 1.99. The van der Waals surface area contributed by atoms with E-state index < -0.39 is 16.6 Å². The van der Waals surface area contributed by atoms with Crippen molar-refractivity contribution in [1.82, 2.24) is 5.32 Å². The molecule has 1 aromatic rings. The highest BCUT2D eigenvalue weighted by Gasteiger charge is 2.36. The molecule has 0 aromatic heterocycles. The minimum absolute atomic E-state index is 0.107. The van der Waals surface area contributed by atoms with Crippen LogP contribution >= 0.6 is 0 Å². The molecule has 0 unspecified atom stereocenters. The fraction of sp³-hybridized carbons (Fsp3) is 0.333. The smallest absolute Gasteiger partial charge is 0.299 e. The zero-order chi connectivity index (χ0) is 14.0. The lowest BCUT2D eigenvalue weighted by molar-refractivity contribution is -0.384. The Kier molecular flexibility index (Phi) is 3.57. The molecule has 1 aliphatic heterocycles. The molecule has 0 atom stereocenters. The molecular formula is C12H13N3O4. The standard InChI is InChI=1S/C12H13N3O4/c1-2-13-5-6-14-10-4-3-8(15(18)19)7-9(10)11(16)12(14)17/h3-4,7,13H,2,5-6H2,1H3. The van der Waals surface area contributed by atoms with E-state index >= 15 is 0 Å². The summed E-state index contributed by atoms with van der Waals surface area (Å²) < 4.78 is 0. The average molecular weight is 263 g/mol. The third-order valence-electron chi connectivity index (χ3n) is 2.93. The van der Waals surface area contributed by atoms with Gasteiger partial charge in [0.1, 0.15) is 0 Å². The van der Waals surface area contributed by atoms with Gasteiger partial charge in [0.15, 0.2) is 0 Å². The molecule has 0 radical (unpaired) electrons. The molecule has 100 valence electrons. The van der Waals surface area contributed by atoms with Crippen LogP contribution < -0.4 is 10.2 Å². The number of amides is 1. The molecule has 7 nitrogen and oxygen atoms in total. The number of ketones is 1. The topological polar surface area (TPSA) is 92.6 Å². The first-order valence-electron chi connectivity index (χ1n) is 5.91. The lowest BCUT2D eigenvalue weighted by Gasteiger charge is -2.16. The highest BCUT2D eigenvalue weighted by atomic mass is 16.6. The Bertz CT molecular complexity index is 556. The molecule has 0 bridgehead atoms. The minimum atomic E-state index is -0.685. The SMILES string of the molecule is CCNCCN1C(=O)C(=O)c2cc([N+](=O)[O-])ccc21. The van der Waals surface area contributed by atoms with Crippen LogP contribution in [0, 0.1) is 10.1 Å². The summed E-state index contributed by atoms with van der Waals surface area (Å²) in [5.74, 6) is -1.32. The van der Waals surface area contributed by atoms with Crippen molar-refractivity contribution in [3.05, 3.63) is 33.9 Å². The first kappa shape index (κ1) is 13.2. The van der Waals surface area contributed by atoms with Crippen molar-refractivity contribution in [2.24, 2.45) is 0 Å². The number of anilines is 1. The van der Waals surface area contributed by atoms with Crippen LogP contribution in [0.5, 0.6) is 0 Å². The van der Waals surface area contributed by atoms with E-state index in [4.69, 9.17) is 0 Å². The molecule has 1 aliphatic rings. The van der Waals surface area contributed by atoms with E-state index in [1.807, 2.05) is 6.92 Å². The van der Waals surface area contributed by atoms with E-state index in [0.717, 1.165) is 12.6 Å². The average Bonchev–Trinajstić information content (AvgIpc) is 2.63. The molecule has 0 aliphatic carbocycles. The van der Waals surface area contributed by atoms with Crippen molar-refractivity contribution < 1.29 is 14.5 Å². The maximum Gasteiger partial charge on any atom is 0.299 e. The number of fused-ring (bicyclic) bond motifs is 1. The summed E-state index contributed by atoms with van der Waals surface area (Å²) in [4.78, 5) is 35.0. The van der Waals surface area contributed by atoms with Crippen molar-refractivity contribution in [3.8, 4) is 0 Å². The van der Waals surface area contributed by atoms with Crippen molar-refractivity contribution in [2.45, 2.75) is 6.92 Å². The molecule has 19 heavy (non-hydrogen) atoms. The number of nitro benzene ring substituents is 1. The molecule has 0 spiro atoms. The van der Waals surface area contributed by atoms with Crippen LogP contribution in [0.2, 0.25) is 0 Å². The number of benzene rings is 1. The normalized spacial score (nSPS) is 13.8. The second-order valence-corrected chi connectivity index (χ2v) is 4.10. The zero-order valence-corrected chi connectivity index (χ0v) is 10.4. The summed E-state index contributed by atoms with van der Waals surface area (Å²) in [6.45, 7) is 3.63. The fourth-order valence-corrected chi connectivity index (χ4v) is 1.99. The van der Waals surface area contributed by atoms with Crippen LogP contribution in [-0.2, 0) is 4.79 Å². The maximum absolute atomic E-state index is 11.8.